The molecule has 2 aromatic rings. The third-order valence-corrected chi connectivity index (χ3v) is 3.04. The second-order valence-corrected chi connectivity index (χ2v) is 4.98. The van der Waals surface area contributed by atoms with Gasteiger partial charge in [-0.15, -0.1) is 0 Å². The minimum absolute atomic E-state index is 0.482. The summed E-state index contributed by atoms with van der Waals surface area (Å²) in [6.45, 7) is 8.85. The van der Waals surface area contributed by atoms with Crippen LogP contribution in [0.25, 0.3) is 0 Å². The van der Waals surface area contributed by atoms with Crippen molar-refractivity contribution in [2.75, 3.05) is 0 Å². The molecule has 2 heteroatoms. The van der Waals surface area contributed by atoms with Gasteiger partial charge in [-0.3, -0.25) is 0 Å². The van der Waals surface area contributed by atoms with Crippen LogP contribution < -0.4 is 4.74 Å². The summed E-state index contributed by atoms with van der Waals surface area (Å²) in [6, 6.07) is 10.3. The lowest BCUT2D eigenvalue weighted by Gasteiger charge is -2.12. The first kappa shape index (κ1) is 12.7. The lowest BCUT2D eigenvalue weighted by molar-refractivity contribution is 0.266. The molecule has 2 nitrogen and oxygen atoms in total. The molecule has 0 N–H and O–H groups in total. The van der Waals surface area contributed by atoms with E-state index in [0.29, 0.717) is 12.5 Å². The second kappa shape index (κ2) is 5.30. The van der Waals surface area contributed by atoms with Crippen LogP contribution in [-0.2, 0) is 6.61 Å². The smallest absolute Gasteiger partial charge is 0.146 e. The van der Waals surface area contributed by atoms with Crippen molar-refractivity contribution in [1.82, 2.24) is 0 Å². The molecule has 0 fully saturated rings. The Hall–Kier alpha value is -1.70. The van der Waals surface area contributed by atoms with Crippen LogP contribution in [0.15, 0.2) is 34.7 Å². The van der Waals surface area contributed by atoms with E-state index < -0.39 is 0 Å². The monoisotopic (exact) mass is 244 g/mol. The highest BCUT2D eigenvalue weighted by Gasteiger charge is 2.06. The molecule has 1 heterocycles. The van der Waals surface area contributed by atoms with Crippen molar-refractivity contribution in [3.63, 3.8) is 0 Å². The Morgan fingerprint density at radius 1 is 1.11 bits per heavy atom. The maximum atomic E-state index is 5.83. The molecule has 0 saturated carbocycles. The largest absolute Gasteiger partial charge is 0.485 e. The van der Waals surface area contributed by atoms with Crippen LogP contribution in [0.2, 0.25) is 0 Å². The molecule has 1 aromatic carbocycles. The molecule has 0 aliphatic carbocycles. The summed E-state index contributed by atoms with van der Waals surface area (Å²) in [5.74, 6) is 3.23. The van der Waals surface area contributed by atoms with E-state index in [0.717, 1.165) is 22.8 Å². The van der Waals surface area contributed by atoms with Gasteiger partial charge in [0.05, 0.1) is 0 Å². The molecule has 0 aliphatic rings. The van der Waals surface area contributed by atoms with Crippen molar-refractivity contribution in [1.29, 1.82) is 0 Å². The van der Waals surface area contributed by atoms with Crippen LogP contribution in [0.5, 0.6) is 5.75 Å². The number of aryl methyl sites for hydroxylation is 2. The summed E-state index contributed by atoms with van der Waals surface area (Å²) in [6.07, 6.45) is 0. The van der Waals surface area contributed by atoms with Gasteiger partial charge in [0.1, 0.15) is 23.9 Å². The minimum Gasteiger partial charge on any atom is -0.485 e. The molecule has 0 spiro atoms. The highest BCUT2D eigenvalue weighted by atomic mass is 16.5. The van der Waals surface area contributed by atoms with Gasteiger partial charge in [-0.25, -0.2) is 0 Å². The molecule has 0 saturated heterocycles. The van der Waals surface area contributed by atoms with Crippen molar-refractivity contribution in [3.8, 4) is 5.75 Å². The van der Waals surface area contributed by atoms with E-state index >= 15 is 0 Å². The first-order valence-electron chi connectivity index (χ1n) is 6.35. The van der Waals surface area contributed by atoms with Crippen LogP contribution in [0.4, 0.5) is 0 Å². The highest BCUT2D eigenvalue weighted by Crippen LogP contribution is 2.25. The van der Waals surface area contributed by atoms with Gasteiger partial charge in [0.25, 0.3) is 0 Å². The van der Waals surface area contributed by atoms with E-state index in [2.05, 4.69) is 39.0 Å². The van der Waals surface area contributed by atoms with Gasteiger partial charge >= 0.3 is 0 Å². The van der Waals surface area contributed by atoms with E-state index in [1.165, 1.54) is 5.56 Å². The maximum Gasteiger partial charge on any atom is 0.146 e. The van der Waals surface area contributed by atoms with Crippen molar-refractivity contribution >= 4 is 0 Å². The Morgan fingerprint density at radius 2 is 1.89 bits per heavy atom. The highest BCUT2D eigenvalue weighted by molar-refractivity contribution is 5.37. The molecule has 0 bridgehead atoms. The Labute approximate surface area is 109 Å². The lowest BCUT2D eigenvalue weighted by atomic mass is 10.0. The fraction of sp³-hybridized carbons (Fsp3) is 0.375. The topological polar surface area (TPSA) is 22.4 Å². The van der Waals surface area contributed by atoms with Gasteiger partial charge < -0.3 is 9.15 Å². The van der Waals surface area contributed by atoms with Crippen molar-refractivity contribution in [2.24, 2.45) is 0 Å². The Balaban J connectivity index is 2.10. The van der Waals surface area contributed by atoms with Crippen LogP contribution in [-0.4, -0.2) is 0 Å². The number of hydrogen-bond acceptors (Lipinski definition) is 2. The fourth-order valence-electron chi connectivity index (χ4n) is 1.84. The van der Waals surface area contributed by atoms with Gasteiger partial charge in [-0.2, -0.15) is 0 Å². The average molecular weight is 244 g/mol. The molecule has 0 aliphatic heterocycles. The summed E-state index contributed by atoms with van der Waals surface area (Å²) in [5.41, 5.74) is 2.45. The first-order valence-corrected chi connectivity index (χ1v) is 6.35. The second-order valence-electron chi connectivity index (χ2n) is 4.98. The van der Waals surface area contributed by atoms with E-state index in [9.17, 15) is 0 Å². The molecule has 96 valence electrons. The van der Waals surface area contributed by atoms with Crippen LogP contribution in [0.3, 0.4) is 0 Å². The van der Waals surface area contributed by atoms with Crippen LogP contribution >= 0.6 is 0 Å². The standard InChI is InChI=1S/C16H20O2/c1-11(2)14-7-5-12(3)16(9-14)17-10-15-8-6-13(4)18-15/h5-9,11H,10H2,1-4H3. The molecular formula is C16H20O2. The summed E-state index contributed by atoms with van der Waals surface area (Å²) < 4.78 is 11.3. The van der Waals surface area contributed by atoms with E-state index in [-0.39, 0.29) is 0 Å². The molecule has 0 unspecified atom stereocenters. The molecule has 18 heavy (non-hydrogen) atoms. The van der Waals surface area contributed by atoms with Gasteiger partial charge in [-0.05, 0) is 49.1 Å². The maximum absolute atomic E-state index is 5.83. The van der Waals surface area contributed by atoms with Gasteiger partial charge in [-0.1, -0.05) is 26.0 Å². The Bertz CT molecular complexity index is 524. The van der Waals surface area contributed by atoms with E-state index in [1.807, 2.05) is 19.1 Å². The number of hydrogen-bond donors (Lipinski definition) is 0. The third-order valence-electron chi connectivity index (χ3n) is 3.04. The minimum atomic E-state index is 0.482. The van der Waals surface area contributed by atoms with Gasteiger partial charge in [0.2, 0.25) is 0 Å². The Kier molecular flexibility index (Phi) is 3.75. The predicted molar refractivity (Wildman–Crippen MR) is 73.0 cm³/mol. The zero-order valence-electron chi connectivity index (χ0n) is 11.5. The number of benzene rings is 1. The van der Waals surface area contributed by atoms with E-state index in [4.69, 9.17) is 9.15 Å². The first-order chi connectivity index (χ1) is 8.56. The summed E-state index contributed by atoms with van der Waals surface area (Å²) in [4.78, 5) is 0. The van der Waals surface area contributed by atoms with E-state index in [1.54, 1.807) is 0 Å². The van der Waals surface area contributed by atoms with Gasteiger partial charge in [0, 0.05) is 0 Å². The number of rotatable bonds is 4. The van der Waals surface area contributed by atoms with Crippen LogP contribution in [0.1, 0.15) is 42.4 Å². The van der Waals surface area contributed by atoms with Crippen molar-refractivity contribution in [3.05, 3.63) is 53.0 Å². The molecule has 1 aromatic heterocycles. The summed E-state index contributed by atoms with van der Waals surface area (Å²) in [7, 11) is 0. The zero-order chi connectivity index (χ0) is 13.1. The summed E-state index contributed by atoms with van der Waals surface area (Å²) in [5, 5.41) is 0. The SMILES string of the molecule is Cc1ccc(COc2cc(C(C)C)ccc2C)o1. The zero-order valence-corrected chi connectivity index (χ0v) is 11.5. The number of ether oxygens (including phenoxy) is 1. The fourth-order valence-corrected chi connectivity index (χ4v) is 1.84. The van der Waals surface area contributed by atoms with Crippen molar-refractivity contribution in [2.45, 2.75) is 40.2 Å². The lowest BCUT2D eigenvalue weighted by Crippen LogP contribution is -1.97. The molecule has 2 rings (SSSR count). The van der Waals surface area contributed by atoms with Crippen LogP contribution in [0, 0.1) is 13.8 Å². The third kappa shape index (κ3) is 2.95. The molecule has 0 amide bonds. The van der Waals surface area contributed by atoms with Gasteiger partial charge in [0.15, 0.2) is 0 Å². The quantitative estimate of drug-likeness (QED) is 0.784. The number of furan rings is 1. The molecule has 0 radical (unpaired) electrons. The molecule has 0 atom stereocenters. The predicted octanol–water partition coefficient (Wildman–Crippen LogP) is 4.60. The Morgan fingerprint density at radius 3 is 2.50 bits per heavy atom. The molecular weight excluding hydrogens is 224 g/mol. The summed E-state index contributed by atoms with van der Waals surface area (Å²) >= 11 is 0. The normalized spacial score (nSPS) is 10.9. The average Bonchev–Trinajstić information content (AvgIpc) is 2.74. The van der Waals surface area contributed by atoms with Crippen molar-refractivity contribution < 1.29 is 9.15 Å².